The maximum atomic E-state index is 6.11. The molecule has 1 atom stereocenters. The maximum Gasteiger partial charge on any atom is 0.0409 e. The summed E-state index contributed by atoms with van der Waals surface area (Å²) in [4.78, 5) is 2.43. The number of nitrogens with two attached hydrogens (primary N) is 1. The van der Waals surface area contributed by atoms with Crippen molar-refractivity contribution in [3.63, 3.8) is 0 Å². The van der Waals surface area contributed by atoms with Gasteiger partial charge in [-0.25, -0.2) is 0 Å². The summed E-state index contributed by atoms with van der Waals surface area (Å²) in [7, 11) is 0. The van der Waals surface area contributed by atoms with Crippen LogP contribution in [0.1, 0.15) is 18.9 Å². The van der Waals surface area contributed by atoms with Crippen molar-refractivity contribution < 1.29 is 0 Å². The zero-order chi connectivity index (χ0) is 14.5. The Balaban J connectivity index is 2.23. The minimum Gasteiger partial charge on any atom is -0.327 e. The molecule has 0 saturated carbocycles. The van der Waals surface area contributed by atoms with Crippen LogP contribution in [0.4, 0.5) is 0 Å². The highest BCUT2D eigenvalue weighted by Crippen LogP contribution is 2.33. The van der Waals surface area contributed by atoms with E-state index in [1.165, 1.54) is 15.4 Å². The number of benzene rings is 2. The largest absolute Gasteiger partial charge is 0.327 e. The van der Waals surface area contributed by atoms with Crippen molar-refractivity contribution in [1.29, 1.82) is 0 Å². The van der Waals surface area contributed by atoms with Gasteiger partial charge >= 0.3 is 0 Å². The van der Waals surface area contributed by atoms with E-state index < -0.39 is 0 Å². The highest BCUT2D eigenvalue weighted by atomic mass is 79.9. The van der Waals surface area contributed by atoms with Crippen LogP contribution in [-0.4, -0.2) is 6.04 Å². The summed E-state index contributed by atoms with van der Waals surface area (Å²) >= 11 is 11.3. The van der Waals surface area contributed by atoms with Gasteiger partial charge in [-0.05, 0) is 60.9 Å². The summed E-state index contributed by atoms with van der Waals surface area (Å²) in [5.41, 5.74) is 7.30. The number of rotatable bonds is 5. The average Bonchev–Trinajstić information content (AvgIpc) is 2.44. The molecule has 2 aromatic carbocycles. The molecule has 4 heteroatoms. The van der Waals surface area contributed by atoms with Gasteiger partial charge in [0.15, 0.2) is 0 Å². The first-order valence-electron chi connectivity index (χ1n) is 6.56. The fraction of sp³-hybridized carbons (Fsp3) is 0.250. The summed E-state index contributed by atoms with van der Waals surface area (Å²) in [6, 6.07) is 14.5. The molecular formula is C16H17BrClNS. The van der Waals surface area contributed by atoms with Gasteiger partial charge in [-0.2, -0.15) is 0 Å². The molecule has 0 spiro atoms. The Bertz CT molecular complexity index is 571. The predicted octanol–water partition coefficient (Wildman–Crippen LogP) is 5.53. The third kappa shape index (κ3) is 4.52. The van der Waals surface area contributed by atoms with Crippen molar-refractivity contribution in [3.05, 3.63) is 57.5 Å². The highest BCUT2D eigenvalue weighted by Gasteiger charge is 2.09. The van der Waals surface area contributed by atoms with Gasteiger partial charge in [0.2, 0.25) is 0 Å². The molecule has 0 fully saturated rings. The van der Waals surface area contributed by atoms with Gasteiger partial charge in [-0.15, -0.1) is 0 Å². The third-order valence-corrected chi connectivity index (χ3v) is 4.96. The molecule has 0 aliphatic heterocycles. The molecule has 0 radical (unpaired) electrons. The lowest BCUT2D eigenvalue weighted by Crippen LogP contribution is -2.21. The lowest BCUT2D eigenvalue weighted by atomic mass is 10.0. The monoisotopic (exact) mass is 369 g/mol. The Kier molecular flexibility index (Phi) is 5.97. The van der Waals surface area contributed by atoms with Crippen LogP contribution in [0, 0.1) is 0 Å². The van der Waals surface area contributed by atoms with E-state index in [0.717, 1.165) is 22.3 Å². The van der Waals surface area contributed by atoms with E-state index in [1.807, 2.05) is 12.1 Å². The molecule has 0 saturated heterocycles. The lowest BCUT2D eigenvalue weighted by Gasteiger charge is -2.13. The van der Waals surface area contributed by atoms with Crippen molar-refractivity contribution in [2.45, 2.75) is 35.6 Å². The maximum absolute atomic E-state index is 6.11. The van der Waals surface area contributed by atoms with Crippen molar-refractivity contribution in [3.8, 4) is 0 Å². The zero-order valence-corrected chi connectivity index (χ0v) is 14.4. The average molecular weight is 371 g/mol. The second-order valence-corrected chi connectivity index (χ2v) is 7.15. The first-order chi connectivity index (χ1) is 9.58. The zero-order valence-electron chi connectivity index (χ0n) is 11.3. The van der Waals surface area contributed by atoms with Crippen molar-refractivity contribution in [2.24, 2.45) is 5.73 Å². The van der Waals surface area contributed by atoms with Gasteiger partial charge < -0.3 is 5.73 Å². The van der Waals surface area contributed by atoms with Crippen LogP contribution in [0.25, 0.3) is 0 Å². The Morgan fingerprint density at radius 2 is 1.90 bits per heavy atom. The minimum atomic E-state index is 0.178. The molecule has 1 unspecified atom stereocenters. The normalized spacial score (nSPS) is 12.4. The standard InChI is InChI=1S/C16H17BrClNS/c1-2-14(19)10-11-9-13(18)5-8-16(11)20-15-6-3-12(17)4-7-15/h3-9,14H,2,10,19H2,1H3. The van der Waals surface area contributed by atoms with E-state index in [1.54, 1.807) is 11.8 Å². The number of halogens is 2. The van der Waals surface area contributed by atoms with Gasteiger partial charge in [-0.1, -0.05) is 46.2 Å². The van der Waals surface area contributed by atoms with Gasteiger partial charge in [0.05, 0.1) is 0 Å². The number of hydrogen-bond donors (Lipinski definition) is 1. The van der Waals surface area contributed by atoms with Gasteiger partial charge in [0.1, 0.15) is 0 Å². The predicted molar refractivity (Wildman–Crippen MR) is 91.7 cm³/mol. The Morgan fingerprint density at radius 3 is 2.55 bits per heavy atom. The third-order valence-electron chi connectivity index (χ3n) is 3.07. The van der Waals surface area contributed by atoms with Crippen LogP contribution < -0.4 is 5.73 Å². The van der Waals surface area contributed by atoms with Crippen LogP contribution in [0.2, 0.25) is 5.02 Å². The highest BCUT2D eigenvalue weighted by molar-refractivity contribution is 9.10. The fourth-order valence-corrected chi connectivity index (χ4v) is 3.26. The molecule has 1 nitrogen and oxygen atoms in total. The van der Waals surface area contributed by atoms with Crippen LogP contribution in [0.3, 0.4) is 0 Å². The molecule has 0 aliphatic carbocycles. The summed E-state index contributed by atoms with van der Waals surface area (Å²) in [5.74, 6) is 0. The van der Waals surface area contributed by atoms with Gasteiger partial charge in [-0.3, -0.25) is 0 Å². The number of hydrogen-bond acceptors (Lipinski definition) is 2. The molecular weight excluding hydrogens is 354 g/mol. The minimum absolute atomic E-state index is 0.178. The lowest BCUT2D eigenvalue weighted by molar-refractivity contribution is 0.641. The van der Waals surface area contributed by atoms with Crippen molar-refractivity contribution in [1.82, 2.24) is 0 Å². The quantitative estimate of drug-likeness (QED) is 0.748. The van der Waals surface area contributed by atoms with Crippen molar-refractivity contribution in [2.75, 3.05) is 0 Å². The Labute approximate surface area is 138 Å². The molecule has 0 bridgehead atoms. The molecule has 2 rings (SSSR count). The Hall–Kier alpha value is -0.480. The van der Waals surface area contributed by atoms with E-state index in [9.17, 15) is 0 Å². The molecule has 106 valence electrons. The molecule has 2 aromatic rings. The van der Waals surface area contributed by atoms with Gasteiger partial charge in [0, 0.05) is 25.3 Å². The van der Waals surface area contributed by atoms with Crippen LogP contribution in [-0.2, 0) is 6.42 Å². The molecule has 0 aromatic heterocycles. The van der Waals surface area contributed by atoms with Crippen LogP contribution >= 0.6 is 39.3 Å². The van der Waals surface area contributed by atoms with E-state index in [4.69, 9.17) is 17.3 Å². The topological polar surface area (TPSA) is 26.0 Å². The second-order valence-electron chi connectivity index (χ2n) is 4.68. The second kappa shape index (κ2) is 7.51. The smallest absolute Gasteiger partial charge is 0.0409 e. The molecule has 0 aliphatic rings. The fourth-order valence-electron chi connectivity index (χ4n) is 1.86. The summed E-state index contributed by atoms with van der Waals surface area (Å²) in [6.45, 7) is 2.11. The molecule has 0 heterocycles. The SMILES string of the molecule is CCC(N)Cc1cc(Cl)ccc1Sc1ccc(Br)cc1. The molecule has 20 heavy (non-hydrogen) atoms. The molecule has 2 N–H and O–H groups in total. The van der Waals surface area contributed by atoms with Crippen LogP contribution in [0.15, 0.2) is 56.7 Å². The Morgan fingerprint density at radius 1 is 1.20 bits per heavy atom. The van der Waals surface area contributed by atoms with Gasteiger partial charge in [0.25, 0.3) is 0 Å². The summed E-state index contributed by atoms with van der Waals surface area (Å²) < 4.78 is 1.09. The van der Waals surface area contributed by atoms with E-state index in [0.29, 0.717) is 0 Å². The van der Waals surface area contributed by atoms with E-state index in [2.05, 4.69) is 53.2 Å². The summed E-state index contributed by atoms with van der Waals surface area (Å²) in [5, 5.41) is 0.767. The van der Waals surface area contributed by atoms with Crippen LogP contribution in [0.5, 0.6) is 0 Å². The molecule has 0 amide bonds. The van der Waals surface area contributed by atoms with E-state index >= 15 is 0 Å². The van der Waals surface area contributed by atoms with E-state index in [-0.39, 0.29) is 6.04 Å². The van der Waals surface area contributed by atoms with Crippen molar-refractivity contribution >= 4 is 39.3 Å². The first-order valence-corrected chi connectivity index (χ1v) is 8.54. The summed E-state index contributed by atoms with van der Waals surface area (Å²) in [6.07, 6.45) is 1.82. The first kappa shape index (κ1) is 15.9.